The molecule has 28 heavy (non-hydrogen) atoms. The lowest BCUT2D eigenvalue weighted by Crippen LogP contribution is -2.48. The van der Waals surface area contributed by atoms with Crippen LogP contribution in [0.4, 0.5) is 0 Å². The summed E-state index contributed by atoms with van der Waals surface area (Å²) < 4.78 is 6.44. The van der Waals surface area contributed by atoms with Crippen LogP contribution in [0.15, 0.2) is 29.3 Å². The van der Waals surface area contributed by atoms with E-state index in [1.54, 1.807) is 19.0 Å². The van der Waals surface area contributed by atoms with Gasteiger partial charge in [0.25, 0.3) is 0 Å². The fourth-order valence-electron chi connectivity index (χ4n) is 3.93. The summed E-state index contributed by atoms with van der Waals surface area (Å²) in [7, 11) is 3.50. The maximum Gasteiger partial charge on any atom is 0.243 e. The second kappa shape index (κ2) is 9.80. The first-order valence-corrected chi connectivity index (χ1v) is 9.94. The third kappa shape index (κ3) is 5.52. The summed E-state index contributed by atoms with van der Waals surface area (Å²) in [5, 5.41) is 6.94. The highest BCUT2D eigenvalue weighted by Crippen LogP contribution is 2.46. The zero-order valence-electron chi connectivity index (χ0n) is 17.3. The highest BCUT2D eigenvalue weighted by atomic mass is 127. The third-order valence-electron chi connectivity index (χ3n) is 5.32. The second-order valence-corrected chi connectivity index (χ2v) is 8.18. The van der Waals surface area contributed by atoms with Crippen molar-refractivity contribution in [2.24, 2.45) is 4.99 Å². The molecule has 2 N–H and O–H groups in total. The van der Waals surface area contributed by atoms with Gasteiger partial charge in [0.05, 0.1) is 6.04 Å². The van der Waals surface area contributed by atoms with E-state index >= 15 is 0 Å². The molecule has 1 aromatic rings. The number of fused-ring (bicyclic) bond motifs is 1. The minimum atomic E-state index is -0.0750. The Kier molecular flexibility index (Phi) is 7.97. The van der Waals surface area contributed by atoms with Crippen LogP contribution in [0.5, 0.6) is 5.75 Å². The minimum Gasteiger partial charge on any atom is -0.487 e. The van der Waals surface area contributed by atoms with Gasteiger partial charge in [-0.2, -0.15) is 0 Å². The normalized spacial score (nSPS) is 20.2. The molecule has 1 atom stereocenters. The van der Waals surface area contributed by atoms with Crippen LogP contribution < -0.4 is 15.4 Å². The fraction of sp³-hybridized carbons (Fsp3) is 0.619. The molecule has 1 fully saturated rings. The van der Waals surface area contributed by atoms with E-state index in [-0.39, 0.29) is 54.1 Å². The van der Waals surface area contributed by atoms with Gasteiger partial charge in [0.1, 0.15) is 17.9 Å². The number of guanidine groups is 1. The smallest absolute Gasteiger partial charge is 0.243 e. The van der Waals surface area contributed by atoms with Gasteiger partial charge >= 0.3 is 0 Å². The molecular weight excluding hydrogens is 467 g/mol. The Morgan fingerprint density at radius 2 is 1.96 bits per heavy atom. The first-order chi connectivity index (χ1) is 12.9. The van der Waals surface area contributed by atoms with Gasteiger partial charge in [-0.3, -0.25) is 4.79 Å². The number of aliphatic imine (C=N–C) groups is 1. The Hall–Kier alpha value is -1.51. The predicted octanol–water partition coefficient (Wildman–Crippen LogP) is 3.47. The number of hydrogen-bond donors (Lipinski definition) is 2. The quantitative estimate of drug-likeness (QED) is 0.378. The van der Waals surface area contributed by atoms with E-state index in [0.29, 0.717) is 5.96 Å². The molecule has 1 heterocycles. The SMILES string of the molecule is CC(C)NC(=NCC(=O)N(C)C)NC1CC2(CCCC2)Oc2ccccc21.I. The summed E-state index contributed by atoms with van der Waals surface area (Å²) in [6.07, 6.45) is 5.56. The van der Waals surface area contributed by atoms with Crippen molar-refractivity contribution in [2.75, 3.05) is 20.6 Å². The van der Waals surface area contributed by atoms with E-state index < -0.39 is 0 Å². The number of nitrogens with one attached hydrogen (secondary N) is 2. The number of benzene rings is 1. The van der Waals surface area contributed by atoms with Crippen LogP contribution >= 0.6 is 24.0 Å². The first-order valence-electron chi connectivity index (χ1n) is 9.94. The minimum absolute atomic E-state index is 0. The highest BCUT2D eigenvalue weighted by Gasteiger charge is 2.43. The number of hydrogen-bond acceptors (Lipinski definition) is 3. The number of halogens is 1. The molecular formula is C21H33IN4O2. The lowest BCUT2D eigenvalue weighted by molar-refractivity contribution is -0.127. The molecule has 0 aromatic heterocycles. The summed E-state index contributed by atoms with van der Waals surface area (Å²) in [4.78, 5) is 18.1. The molecule has 3 rings (SSSR count). The summed E-state index contributed by atoms with van der Waals surface area (Å²) in [6.45, 7) is 4.27. The monoisotopic (exact) mass is 500 g/mol. The molecule has 0 saturated heterocycles. The van der Waals surface area contributed by atoms with Crippen LogP contribution in [-0.2, 0) is 4.79 Å². The van der Waals surface area contributed by atoms with Crippen molar-refractivity contribution in [1.82, 2.24) is 15.5 Å². The van der Waals surface area contributed by atoms with Crippen molar-refractivity contribution < 1.29 is 9.53 Å². The summed E-state index contributed by atoms with van der Waals surface area (Å²) in [5.74, 6) is 1.63. The maximum atomic E-state index is 12.0. The summed E-state index contributed by atoms with van der Waals surface area (Å²) in [6, 6.07) is 8.60. The number of ether oxygens (including phenoxy) is 1. The number of carbonyl (C=O) groups excluding carboxylic acids is 1. The molecule has 1 saturated carbocycles. The van der Waals surface area contributed by atoms with Gasteiger partial charge < -0.3 is 20.3 Å². The Labute approximate surface area is 185 Å². The van der Waals surface area contributed by atoms with Crippen LogP contribution in [0, 0.1) is 0 Å². The lowest BCUT2D eigenvalue weighted by atomic mass is 9.86. The molecule has 1 unspecified atom stereocenters. The average molecular weight is 500 g/mol. The number of amides is 1. The molecule has 0 radical (unpaired) electrons. The van der Waals surface area contributed by atoms with E-state index in [1.807, 2.05) is 12.1 Å². The Balaban J connectivity index is 0.00000280. The predicted molar refractivity (Wildman–Crippen MR) is 123 cm³/mol. The maximum absolute atomic E-state index is 12.0. The van der Waals surface area contributed by atoms with Crippen molar-refractivity contribution in [2.45, 2.75) is 63.6 Å². The Morgan fingerprint density at radius 1 is 1.29 bits per heavy atom. The third-order valence-corrected chi connectivity index (χ3v) is 5.32. The van der Waals surface area contributed by atoms with Crippen molar-refractivity contribution in [3.63, 3.8) is 0 Å². The van der Waals surface area contributed by atoms with E-state index in [0.717, 1.165) is 30.6 Å². The number of carbonyl (C=O) groups is 1. The molecule has 7 heteroatoms. The zero-order chi connectivity index (χ0) is 19.4. The van der Waals surface area contributed by atoms with Gasteiger partial charge in [-0.05, 0) is 45.6 Å². The fourth-order valence-corrected chi connectivity index (χ4v) is 3.93. The summed E-state index contributed by atoms with van der Waals surface area (Å²) in [5.41, 5.74) is 1.08. The van der Waals surface area contributed by atoms with Gasteiger partial charge in [0, 0.05) is 32.1 Å². The van der Waals surface area contributed by atoms with Gasteiger partial charge in [-0.15, -0.1) is 24.0 Å². The Morgan fingerprint density at radius 3 is 2.61 bits per heavy atom. The van der Waals surface area contributed by atoms with Crippen molar-refractivity contribution in [3.05, 3.63) is 29.8 Å². The highest BCUT2D eigenvalue weighted by molar-refractivity contribution is 14.0. The molecule has 1 aliphatic heterocycles. The van der Waals surface area contributed by atoms with Crippen LogP contribution in [-0.4, -0.2) is 49.0 Å². The van der Waals surface area contributed by atoms with Crippen LogP contribution in [0.2, 0.25) is 0 Å². The molecule has 1 aliphatic carbocycles. The number of para-hydroxylation sites is 1. The molecule has 0 bridgehead atoms. The first kappa shape index (κ1) is 22.8. The molecule has 1 amide bonds. The van der Waals surface area contributed by atoms with Crippen LogP contribution in [0.25, 0.3) is 0 Å². The molecule has 6 nitrogen and oxygen atoms in total. The summed E-state index contributed by atoms with van der Waals surface area (Å²) >= 11 is 0. The molecule has 156 valence electrons. The van der Waals surface area contributed by atoms with E-state index in [9.17, 15) is 4.79 Å². The zero-order valence-corrected chi connectivity index (χ0v) is 19.7. The largest absolute Gasteiger partial charge is 0.487 e. The number of nitrogens with zero attached hydrogens (tertiary/aromatic N) is 2. The van der Waals surface area contributed by atoms with E-state index in [4.69, 9.17) is 4.74 Å². The Bertz CT molecular complexity index is 699. The average Bonchev–Trinajstić information content (AvgIpc) is 3.06. The standard InChI is InChI=1S/C21H32N4O2.HI/c1-15(2)23-20(22-14-19(26)25(3)4)24-17-13-21(11-7-8-12-21)27-18-10-6-5-9-16(17)18;/h5-6,9-10,15,17H,7-8,11-14H2,1-4H3,(H2,22,23,24);1H. The number of rotatable bonds is 4. The van der Waals surface area contributed by atoms with Gasteiger partial charge in [0.2, 0.25) is 5.91 Å². The van der Waals surface area contributed by atoms with Crippen LogP contribution in [0.3, 0.4) is 0 Å². The topological polar surface area (TPSA) is 66.0 Å². The van der Waals surface area contributed by atoms with E-state index in [2.05, 4.69) is 41.6 Å². The molecule has 1 spiro atoms. The molecule has 2 aliphatic rings. The van der Waals surface area contributed by atoms with Crippen molar-refractivity contribution in [3.8, 4) is 5.75 Å². The van der Waals surface area contributed by atoms with Crippen molar-refractivity contribution in [1.29, 1.82) is 0 Å². The number of likely N-dealkylation sites (N-methyl/N-ethyl adjacent to an activating group) is 1. The molecule has 1 aromatic carbocycles. The van der Waals surface area contributed by atoms with Crippen LogP contribution in [0.1, 0.15) is 57.6 Å². The van der Waals surface area contributed by atoms with Gasteiger partial charge in [-0.25, -0.2) is 4.99 Å². The lowest BCUT2D eigenvalue weighted by Gasteiger charge is -2.40. The van der Waals surface area contributed by atoms with E-state index in [1.165, 1.54) is 12.8 Å². The van der Waals surface area contributed by atoms with Crippen molar-refractivity contribution >= 4 is 35.8 Å². The second-order valence-electron chi connectivity index (χ2n) is 8.18. The van der Waals surface area contributed by atoms with Gasteiger partial charge in [0.15, 0.2) is 5.96 Å². The van der Waals surface area contributed by atoms with Gasteiger partial charge in [-0.1, -0.05) is 18.2 Å².